The zero-order valence-corrected chi connectivity index (χ0v) is 11.7. The van der Waals surface area contributed by atoms with Crippen molar-refractivity contribution in [1.29, 1.82) is 0 Å². The molecule has 0 aromatic heterocycles. The van der Waals surface area contributed by atoms with Crippen LogP contribution in [0.1, 0.15) is 44.6 Å². The maximum Gasteiger partial charge on any atom is 0.311 e. The molecule has 1 aromatic rings. The van der Waals surface area contributed by atoms with Gasteiger partial charge in [-0.1, -0.05) is 19.4 Å². The van der Waals surface area contributed by atoms with Crippen LogP contribution in [0.15, 0.2) is 18.2 Å². The fourth-order valence-electron chi connectivity index (χ4n) is 2.74. The Labute approximate surface area is 118 Å². The summed E-state index contributed by atoms with van der Waals surface area (Å²) in [5.74, 6) is 1.08. The van der Waals surface area contributed by atoms with Crippen molar-refractivity contribution in [2.75, 3.05) is 0 Å². The van der Waals surface area contributed by atoms with E-state index >= 15 is 0 Å². The van der Waals surface area contributed by atoms with Crippen molar-refractivity contribution in [1.82, 2.24) is 0 Å². The van der Waals surface area contributed by atoms with Crippen molar-refractivity contribution in [3.05, 3.63) is 33.9 Å². The van der Waals surface area contributed by atoms with Crippen LogP contribution in [0.5, 0.6) is 5.75 Å². The molecule has 1 fully saturated rings. The Hall–Kier alpha value is -1.62. The van der Waals surface area contributed by atoms with E-state index in [1.54, 1.807) is 12.1 Å². The van der Waals surface area contributed by atoms with Crippen LogP contribution in [-0.2, 0) is 6.61 Å². The quantitative estimate of drug-likeness (QED) is 0.662. The highest BCUT2D eigenvalue weighted by Gasteiger charge is 2.24. The van der Waals surface area contributed by atoms with Crippen LogP contribution in [0.3, 0.4) is 0 Å². The number of nitro benzene ring substituents is 1. The van der Waals surface area contributed by atoms with Crippen molar-refractivity contribution < 1.29 is 14.8 Å². The zero-order chi connectivity index (χ0) is 14.5. The van der Waals surface area contributed by atoms with Gasteiger partial charge in [-0.15, -0.1) is 0 Å². The van der Waals surface area contributed by atoms with Gasteiger partial charge in [-0.25, -0.2) is 0 Å². The molecule has 0 radical (unpaired) electrons. The lowest BCUT2D eigenvalue weighted by molar-refractivity contribution is -0.386. The molecule has 20 heavy (non-hydrogen) atoms. The van der Waals surface area contributed by atoms with Crippen LogP contribution in [0, 0.1) is 16.0 Å². The third-order valence-electron chi connectivity index (χ3n) is 4.07. The maximum atomic E-state index is 11.1. The smallest absolute Gasteiger partial charge is 0.311 e. The van der Waals surface area contributed by atoms with Crippen molar-refractivity contribution in [2.24, 2.45) is 5.92 Å². The van der Waals surface area contributed by atoms with Gasteiger partial charge in [-0.2, -0.15) is 0 Å². The molecule has 0 atom stereocenters. The molecule has 0 unspecified atom stereocenters. The Morgan fingerprint density at radius 3 is 2.60 bits per heavy atom. The van der Waals surface area contributed by atoms with Gasteiger partial charge in [-0.3, -0.25) is 10.1 Å². The number of nitrogens with zero attached hydrogens (tertiary/aromatic N) is 1. The van der Waals surface area contributed by atoms with Gasteiger partial charge >= 0.3 is 5.69 Å². The summed E-state index contributed by atoms with van der Waals surface area (Å²) in [6, 6.07) is 4.64. The van der Waals surface area contributed by atoms with E-state index < -0.39 is 4.92 Å². The minimum atomic E-state index is -0.452. The minimum Gasteiger partial charge on any atom is -0.484 e. The summed E-state index contributed by atoms with van der Waals surface area (Å²) in [6.45, 7) is 1.99. The van der Waals surface area contributed by atoms with Crippen LogP contribution in [0.2, 0.25) is 0 Å². The molecule has 5 heteroatoms. The van der Waals surface area contributed by atoms with Gasteiger partial charge in [0, 0.05) is 6.07 Å². The molecule has 0 bridgehead atoms. The van der Waals surface area contributed by atoms with Crippen molar-refractivity contribution in [3.63, 3.8) is 0 Å². The van der Waals surface area contributed by atoms with Gasteiger partial charge < -0.3 is 9.84 Å². The summed E-state index contributed by atoms with van der Waals surface area (Å²) >= 11 is 0. The summed E-state index contributed by atoms with van der Waals surface area (Å²) in [5.41, 5.74) is 0.466. The predicted octanol–water partition coefficient (Wildman–Crippen LogP) is 3.43. The van der Waals surface area contributed by atoms with E-state index in [4.69, 9.17) is 9.84 Å². The molecular weight excluding hydrogens is 258 g/mol. The Kier molecular flexibility index (Phi) is 4.95. The molecule has 1 aromatic carbocycles. The van der Waals surface area contributed by atoms with E-state index in [2.05, 4.69) is 6.92 Å². The number of nitro groups is 1. The fraction of sp³-hybridized carbons (Fsp3) is 0.600. The van der Waals surface area contributed by atoms with E-state index in [-0.39, 0.29) is 18.4 Å². The molecule has 1 aliphatic carbocycles. The van der Waals surface area contributed by atoms with E-state index in [1.807, 2.05) is 0 Å². The predicted molar refractivity (Wildman–Crippen MR) is 75.7 cm³/mol. The first kappa shape index (κ1) is 14.8. The average Bonchev–Trinajstić information content (AvgIpc) is 2.48. The van der Waals surface area contributed by atoms with Gasteiger partial charge in [0.05, 0.1) is 17.6 Å². The van der Waals surface area contributed by atoms with E-state index in [9.17, 15) is 10.1 Å². The standard InChI is InChI=1S/C15H21NO4/c1-2-11-3-6-13(7-4-11)20-15-8-5-12(10-17)9-14(15)16(18)19/h5,8-9,11,13,17H,2-4,6-7,10H2,1H3. The SMILES string of the molecule is CCC1CCC(Oc2ccc(CO)cc2[N+](=O)[O-])CC1. The van der Waals surface area contributed by atoms with Crippen LogP contribution in [0.25, 0.3) is 0 Å². The van der Waals surface area contributed by atoms with E-state index in [0.717, 1.165) is 31.6 Å². The van der Waals surface area contributed by atoms with Gasteiger partial charge in [0.25, 0.3) is 0 Å². The minimum absolute atomic E-state index is 0.0610. The molecule has 1 N–H and O–H groups in total. The number of benzene rings is 1. The van der Waals surface area contributed by atoms with Crippen molar-refractivity contribution in [3.8, 4) is 5.75 Å². The van der Waals surface area contributed by atoms with Crippen LogP contribution in [0.4, 0.5) is 5.69 Å². The number of hydrogen-bond acceptors (Lipinski definition) is 4. The Bertz CT molecular complexity index is 467. The molecule has 0 spiro atoms. The topological polar surface area (TPSA) is 72.6 Å². The number of hydrogen-bond donors (Lipinski definition) is 1. The molecule has 5 nitrogen and oxygen atoms in total. The molecule has 0 aliphatic heterocycles. The van der Waals surface area contributed by atoms with E-state index in [1.165, 1.54) is 12.5 Å². The normalized spacial score (nSPS) is 22.5. The highest BCUT2D eigenvalue weighted by molar-refractivity contribution is 5.48. The highest BCUT2D eigenvalue weighted by atomic mass is 16.6. The van der Waals surface area contributed by atoms with Gasteiger partial charge in [-0.05, 0) is 43.2 Å². The second kappa shape index (κ2) is 6.70. The zero-order valence-electron chi connectivity index (χ0n) is 11.7. The molecule has 0 saturated heterocycles. The molecule has 0 amide bonds. The monoisotopic (exact) mass is 279 g/mol. The molecular formula is C15H21NO4. The van der Waals surface area contributed by atoms with Gasteiger partial charge in [0.1, 0.15) is 0 Å². The average molecular weight is 279 g/mol. The van der Waals surface area contributed by atoms with Crippen molar-refractivity contribution in [2.45, 2.75) is 51.7 Å². The molecule has 1 saturated carbocycles. The second-order valence-corrected chi connectivity index (χ2v) is 5.39. The maximum absolute atomic E-state index is 11.1. The number of rotatable bonds is 5. The van der Waals surface area contributed by atoms with Crippen LogP contribution < -0.4 is 4.74 Å². The van der Waals surface area contributed by atoms with Gasteiger partial charge in [0.15, 0.2) is 5.75 Å². The lowest BCUT2D eigenvalue weighted by Crippen LogP contribution is -2.24. The Morgan fingerprint density at radius 2 is 2.05 bits per heavy atom. The fourth-order valence-corrected chi connectivity index (χ4v) is 2.74. The lowest BCUT2D eigenvalue weighted by Gasteiger charge is -2.28. The lowest BCUT2D eigenvalue weighted by atomic mass is 9.86. The Balaban J connectivity index is 2.07. The second-order valence-electron chi connectivity index (χ2n) is 5.39. The summed E-state index contributed by atoms with van der Waals surface area (Å²) in [5, 5.41) is 20.1. The summed E-state index contributed by atoms with van der Waals surface area (Å²) in [6.07, 6.45) is 5.43. The molecule has 2 rings (SSSR count). The Morgan fingerprint density at radius 1 is 1.35 bits per heavy atom. The summed E-state index contributed by atoms with van der Waals surface area (Å²) in [7, 11) is 0. The first-order valence-electron chi connectivity index (χ1n) is 7.18. The van der Waals surface area contributed by atoms with E-state index in [0.29, 0.717) is 11.3 Å². The molecule has 110 valence electrons. The summed E-state index contributed by atoms with van der Waals surface area (Å²) < 4.78 is 5.82. The van der Waals surface area contributed by atoms with Crippen LogP contribution in [-0.4, -0.2) is 16.1 Å². The first-order chi connectivity index (χ1) is 9.63. The van der Waals surface area contributed by atoms with Gasteiger partial charge in [0.2, 0.25) is 0 Å². The number of aliphatic hydroxyl groups excluding tert-OH is 1. The molecule has 0 heterocycles. The van der Waals surface area contributed by atoms with Crippen LogP contribution >= 0.6 is 0 Å². The third-order valence-corrected chi connectivity index (χ3v) is 4.07. The summed E-state index contributed by atoms with van der Waals surface area (Å²) in [4.78, 5) is 10.6. The van der Waals surface area contributed by atoms with Crippen molar-refractivity contribution >= 4 is 5.69 Å². The number of ether oxygens (including phenoxy) is 1. The largest absolute Gasteiger partial charge is 0.484 e. The molecule has 1 aliphatic rings. The first-order valence-corrected chi connectivity index (χ1v) is 7.18. The number of aliphatic hydroxyl groups is 1. The highest BCUT2D eigenvalue weighted by Crippen LogP contribution is 2.33. The third kappa shape index (κ3) is 3.48.